The van der Waals surface area contributed by atoms with Crippen molar-refractivity contribution in [2.45, 2.75) is 39.3 Å². The van der Waals surface area contributed by atoms with Crippen molar-refractivity contribution in [3.63, 3.8) is 0 Å². The minimum Gasteiger partial charge on any atom is -0.447 e. The molecule has 22 heavy (non-hydrogen) atoms. The molecule has 8 heteroatoms. The van der Waals surface area contributed by atoms with Gasteiger partial charge in [-0.25, -0.2) is 14.5 Å². The number of hydrogen-bond acceptors (Lipinski definition) is 6. The van der Waals surface area contributed by atoms with Gasteiger partial charge in [0.05, 0.1) is 24.3 Å². The summed E-state index contributed by atoms with van der Waals surface area (Å²) >= 11 is 0. The standard InChI is InChI=1S/C14H19N3O5/c1-14(2,3)21-12(18)16-5-4-10-9(8-16)11(22-15-10)17-6-7-20-13(17)19/h4-8H2,1-3H3. The van der Waals surface area contributed by atoms with Gasteiger partial charge in [-0.05, 0) is 20.8 Å². The molecule has 0 N–H and O–H groups in total. The van der Waals surface area contributed by atoms with Gasteiger partial charge in [-0.15, -0.1) is 0 Å². The molecule has 1 aromatic heterocycles. The highest BCUT2D eigenvalue weighted by molar-refractivity contribution is 5.88. The van der Waals surface area contributed by atoms with E-state index in [9.17, 15) is 9.59 Å². The lowest BCUT2D eigenvalue weighted by molar-refractivity contribution is 0.0224. The second-order valence-electron chi connectivity index (χ2n) is 6.33. The van der Waals surface area contributed by atoms with E-state index in [1.807, 2.05) is 20.8 Å². The summed E-state index contributed by atoms with van der Waals surface area (Å²) in [6.07, 6.45) is -0.260. The molecule has 0 unspecified atom stereocenters. The van der Waals surface area contributed by atoms with Crippen LogP contribution in [0.4, 0.5) is 15.5 Å². The monoisotopic (exact) mass is 309 g/mol. The minimum absolute atomic E-state index is 0.312. The van der Waals surface area contributed by atoms with E-state index in [-0.39, 0.29) is 6.09 Å². The van der Waals surface area contributed by atoms with E-state index in [1.165, 1.54) is 4.90 Å². The van der Waals surface area contributed by atoms with Crippen molar-refractivity contribution in [1.29, 1.82) is 0 Å². The molecule has 2 amide bonds. The Kier molecular flexibility index (Phi) is 3.46. The van der Waals surface area contributed by atoms with E-state index < -0.39 is 11.7 Å². The van der Waals surface area contributed by atoms with Gasteiger partial charge in [-0.1, -0.05) is 5.16 Å². The van der Waals surface area contributed by atoms with Crippen molar-refractivity contribution in [2.24, 2.45) is 0 Å². The Morgan fingerprint density at radius 1 is 1.32 bits per heavy atom. The molecule has 3 rings (SSSR count). The predicted octanol–water partition coefficient (Wildman–Crippen LogP) is 1.92. The Bertz CT molecular complexity index is 604. The molecule has 0 saturated carbocycles. The molecule has 1 fully saturated rings. The van der Waals surface area contributed by atoms with Gasteiger partial charge in [0.25, 0.3) is 0 Å². The van der Waals surface area contributed by atoms with Gasteiger partial charge in [0.15, 0.2) is 0 Å². The maximum absolute atomic E-state index is 12.2. The van der Waals surface area contributed by atoms with E-state index in [0.29, 0.717) is 38.5 Å². The first-order valence-corrected chi connectivity index (χ1v) is 7.25. The molecule has 0 aromatic carbocycles. The Labute approximate surface area is 127 Å². The molecule has 120 valence electrons. The summed E-state index contributed by atoms with van der Waals surface area (Å²) in [5.41, 5.74) is 0.971. The van der Waals surface area contributed by atoms with E-state index in [4.69, 9.17) is 14.0 Å². The number of hydrogen-bond donors (Lipinski definition) is 0. The van der Waals surface area contributed by atoms with Gasteiger partial charge in [0.2, 0.25) is 5.88 Å². The maximum atomic E-state index is 12.2. The highest BCUT2D eigenvalue weighted by Crippen LogP contribution is 2.31. The number of rotatable bonds is 1. The third-order valence-corrected chi connectivity index (χ3v) is 3.47. The Morgan fingerprint density at radius 3 is 2.73 bits per heavy atom. The van der Waals surface area contributed by atoms with Crippen LogP contribution in [-0.4, -0.2) is 47.5 Å². The number of fused-ring (bicyclic) bond motifs is 1. The smallest absolute Gasteiger partial charge is 0.416 e. The molecule has 0 spiro atoms. The molecule has 0 radical (unpaired) electrons. The molecular formula is C14H19N3O5. The zero-order chi connectivity index (χ0) is 15.9. The number of ether oxygens (including phenoxy) is 2. The third-order valence-electron chi connectivity index (χ3n) is 3.47. The molecule has 0 bridgehead atoms. The first kappa shape index (κ1) is 14.7. The second kappa shape index (κ2) is 5.19. The average Bonchev–Trinajstić information content (AvgIpc) is 3.01. The highest BCUT2D eigenvalue weighted by atomic mass is 16.6. The first-order valence-electron chi connectivity index (χ1n) is 7.25. The van der Waals surface area contributed by atoms with E-state index in [0.717, 1.165) is 11.3 Å². The predicted molar refractivity (Wildman–Crippen MR) is 75.5 cm³/mol. The molecule has 8 nitrogen and oxygen atoms in total. The normalized spacial score (nSPS) is 18.2. The summed E-state index contributed by atoms with van der Waals surface area (Å²) in [7, 11) is 0. The molecule has 1 saturated heterocycles. The van der Waals surface area contributed by atoms with Gasteiger partial charge in [-0.2, -0.15) is 0 Å². The Hall–Kier alpha value is -2.25. The van der Waals surface area contributed by atoms with E-state index in [2.05, 4.69) is 5.16 Å². The zero-order valence-corrected chi connectivity index (χ0v) is 12.9. The highest BCUT2D eigenvalue weighted by Gasteiger charge is 2.35. The minimum atomic E-state index is -0.548. The van der Waals surface area contributed by atoms with E-state index in [1.54, 1.807) is 4.90 Å². The first-order chi connectivity index (χ1) is 10.3. The van der Waals surface area contributed by atoms with Crippen LogP contribution in [0.25, 0.3) is 0 Å². The fourth-order valence-electron chi connectivity index (χ4n) is 2.47. The lowest BCUT2D eigenvalue weighted by Crippen LogP contribution is -2.40. The van der Waals surface area contributed by atoms with Gasteiger partial charge in [0.1, 0.15) is 12.2 Å². The van der Waals surface area contributed by atoms with Gasteiger partial charge in [0, 0.05) is 13.0 Å². The number of anilines is 1. The van der Waals surface area contributed by atoms with Gasteiger partial charge >= 0.3 is 12.2 Å². The van der Waals surface area contributed by atoms with Crippen LogP contribution in [-0.2, 0) is 22.4 Å². The number of carbonyl (C=O) groups excluding carboxylic acids is 2. The van der Waals surface area contributed by atoms with Crippen molar-refractivity contribution in [2.75, 3.05) is 24.6 Å². The second-order valence-corrected chi connectivity index (χ2v) is 6.33. The van der Waals surface area contributed by atoms with Gasteiger partial charge < -0.3 is 18.9 Å². The van der Waals surface area contributed by atoms with Crippen LogP contribution in [0, 0.1) is 0 Å². The number of aromatic nitrogens is 1. The topological polar surface area (TPSA) is 85.1 Å². The van der Waals surface area contributed by atoms with Crippen molar-refractivity contribution in [3.8, 4) is 0 Å². The van der Waals surface area contributed by atoms with Crippen molar-refractivity contribution >= 4 is 18.1 Å². The number of amides is 2. The Morgan fingerprint density at radius 2 is 2.09 bits per heavy atom. The summed E-state index contributed by atoms with van der Waals surface area (Å²) in [5.74, 6) is 0.366. The third kappa shape index (κ3) is 2.72. The molecular weight excluding hydrogens is 290 g/mol. The molecule has 2 aliphatic heterocycles. The summed E-state index contributed by atoms with van der Waals surface area (Å²) in [5, 5.41) is 4.00. The Balaban J connectivity index is 1.78. The molecule has 0 atom stereocenters. The van der Waals surface area contributed by atoms with Crippen LogP contribution in [0.15, 0.2) is 4.52 Å². The lowest BCUT2D eigenvalue weighted by Gasteiger charge is -2.29. The van der Waals surface area contributed by atoms with Crippen LogP contribution < -0.4 is 4.90 Å². The molecule has 2 aliphatic rings. The number of nitrogens with zero attached hydrogens (tertiary/aromatic N) is 3. The average molecular weight is 309 g/mol. The van der Waals surface area contributed by atoms with Crippen LogP contribution >= 0.6 is 0 Å². The van der Waals surface area contributed by atoms with Gasteiger partial charge in [-0.3, -0.25) is 0 Å². The largest absolute Gasteiger partial charge is 0.447 e. The zero-order valence-electron chi connectivity index (χ0n) is 12.9. The van der Waals surface area contributed by atoms with Crippen LogP contribution in [0.3, 0.4) is 0 Å². The van der Waals surface area contributed by atoms with Crippen molar-refractivity contribution < 1.29 is 23.6 Å². The lowest BCUT2D eigenvalue weighted by atomic mass is 10.1. The summed E-state index contributed by atoms with van der Waals surface area (Å²) < 4.78 is 15.6. The van der Waals surface area contributed by atoms with Crippen LogP contribution in [0.1, 0.15) is 32.0 Å². The van der Waals surface area contributed by atoms with Crippen molar-refractivity contribution in [1.82, 2.24) is 10.1 Å². The van der Waals surface area contributed by atoms with E-state index >= 15 is 0 Å². The fraction of sp³-hybridized carbons (Fsp3) is 0.643. The van der Waals surface area contributed by atoms with Crippen molar-refractivity contribution in [3.05, 3.63) is 11.3 Å². The summed E-state index contributed by atoms with van der Waals surface area (Å²) in [4.78, 5) is 26.9. The number of cyclic esters (lactones) is 1. The SMILES string of the molecule is CC(C)(C)OC(=O)N1CCc2noc(N3CCOC3=O)c2C1. The molecule has 3 heterocycles. The molecule has 1 aromatic rings. The fourth-order valence-corrected chi connectivity index (χ4v) is 2.47. The summed E-state index contributed by atoms with van der Waals surface area (Å²) in [6, 6.07) is 0. The van der Waals surface area contributed by atoms with Crippen LogP contribution in [0.2, 0.25) is 0 Å². The molecule has 0 aliphatic carbocycles. The summed E-state index contributed by atoms with van der Waals surface area (Å²) in [6.45, 7) is 7.05. The van der Waals surface area contributed by atoms with Crippen LogP contribution in [0.5, 0.6) is 0 Å². The quantitative estimate of drug-likeness (QED) is 0.788. The maximum Gasteiger partial charge on any atom is 0.416 e. The number of carbonyl (C=O) groups is 2.